The van der Waals surface area contributed by atoms with Gasteiger partial charge in [0.25, 0.3) is 0 Å². The summed E-state index contributed by atoms with van der Waals surface area (Å²) >= 11 is 3.24. The third-order valence-electron chi connectivity index (χ3n) is 2.40. The quantitative estimate of drug-likeness (QED) is 0.779. The van der Waals surface area contributed by atoms with Gasteiger partial charge in [0, 0.05) is 13.1 Å². The number of carbonyl (C=O) groups excluding carboxylic acids is 2. The first-order valence-corrected chi connectivity index (χ1v) is 5.95. The number of nitrogens with one attached hydrogen (secondary N) is 1. The molecule has 0 spiro atoms. The standard InChI is InChI=1S/C10H17BrN2O2/c1-10(2,11)9(15)12-7-8(14)13-5-3-4-6-13/h3-7H2,1-2H3,(H,12,15). The lowest BCUT2D eigenvalue weighted by Crippen LogP contribution is -2.44. The van der Waals surface area contributed by atoms with Crippen LogP contribution < -0.4 is 5.32 Å². The van der Waals surface area contributed by atoms with Crippen molar-refractivity contribution >= 4 is 27.7 Å². The van der Waals surface area contributed by atoms with E-state index in [1.807, 2.05) is 0 Å². The number of hydrogen-bond acceptors (Lipinski definition) is 2. The van der Waals surface area contributed by atoms with Crippen LogP contribution in [0.15, 0.2) is 0 Å². The minimum absolute atomic E-state index is 0.0117. The summed E-state index contributed by atoms with van der Waals surface area (Å²) in [7, 11) is 0. The molecular weight excluding hydrogens is 260 g/mol. The summed E-state index contributed by atoms with van der Waals surface area (Å²) in [5.74, 6) is -0.146. The zero-order valence-corrected chi connectivity index (χ0v) is 10.8. The van der Waals surface area contributed by atoms with Gasteiger partial charge in [-0.15, -0.1) is 0 Å². The number of likely N-dealkylation sites (tertiary alicyclic amines) is 1. The van der Waals surface area contributed by atoms with Crippen LogP contribution in [0.2, 0.25) is 0 Å². The maximum atomic E-state index is 11.6. The molecule has 0 saturated carbocycles. The average molecular weight is 277 g/mol. The largest absolute Gasteiger partial charge is 0.346 e. The van der Waals surface area contributed by atoms with Gasteiger partial charge in [-0.25, -0.2) is 0 Å². The molecule has 0 bridgehead atoms. The fourth-order valence-corrected chi connectivity index (χ4v) is 1.58. The maximum Gasteiger partial charge on any atom is 0.241 e. The van der Waals surface area contributed by atoms with Crippen molar-refractivity contribution in [3.63, 3.8) is 0 Å². The Morgan fingerprint density at radius 2 is 1.87 bits per heavy atom. The predicted molar refractivity (Wildman–Crippen MR) is 61.8 cm³/mol. The number of carbonyl (C=O) groups is 2. The smallest absolute Gasteiger partial charge is 0.241 e. The van der Waals surface area contributed by atoms with Gasteiger partial charge in [-0.2, -0.15) is 0 Å². The molecule has 1 heterocycles. The van der Waals surface area contributed by atoms with Gasteiger partial charge in [0.2, 0.25) is 11.8 Å². The summed E-state index contributed by atoms with van der Waals surface area (Å²) in [6.45, 7) is 5.26. The Kier molecular flexibility index (Phi) is 4.13. The number of hydrogen-bond donors (Lipinski definition) is 1. The number of halogens is 1. The van der Waals surface area contributed by atoms with E-state index >= 15 is 0 Å². The van der Waals surface area contributed by atoms with Crippen LogP contribution in [-0.4, -0.2) is 40.7 Å². The molecule has 15 heavy (non-hydrogen) atoms. The van der Waals surface area contributed by atoms with Gasteiger partial charge in [0.05, 0.1) is 10.9 Å². The summed E-state index contributed by atoms with van der Waals surface area (Å²) in [4.78, 5) is 24.8. The van der Waals surface area contributed by atoms with Gasteiger partial charge in [-0.3, -0.25) is 9.59 Å². The molecule has 1 N–H and O–H groups in total. The molecule has 1 saturated heterocycles. The number of rotatable bonds is 3. The van der Waals surface area contributed by atoms with Crippen molar-refractivity contribution in [2.75, 3.05) is 19.6 Å². The average Bonchev–Trinajstić information content (AvgIpc) is 2.64. The van der Waals surface area contributed by atoms with Crippen LogP contribution in [0.1, 0.15) is 26.7 Å². The Bertz CT molecular complexity index is 255. The van der Waals surface area contributed by atoms with Gasteiger partial charge in [-0.05, 0) is 26.7 Å². The topological polar surface area (TPSA) is 49.4 Å². The van der Waals surface area contributed by atoms with E-state index in [0.29, 0.717) is 0 Å². The van der Waals surface area contributed by atoms with E-state index in [2.05, 4.69) is 21.2 Å². The molecule has 1 aliphatic rings. The van der Waals surface area contributed by atoms with Crippen LogP contribution in [0.5, 0.6) is 0 Å². The second kappa shape index (κ2) is 4.96. The highest BCUT2D eigenvalue weighted by Crippen LogP contribution is 2.15. The van der Waals surface area contributed by atoms with Crippen molar-refractivity contribution < 1.29 is 9.59 Å². The lowest BCUT2D eigenvalue weighted by Gasteiger charge is -2.18. The minimum atomic E-state index is -0.613. The molecule has 0 radical (unpaired) electrons. The van der Waals surface area contributed by atoms with E-state index in [1.165, 1.54) is 0 Å². The fourth-order valence-electron chi connectivity index (χ4n) is 1.44. The van der Waals surface area contributed by atoms with Crippen molar-refractivity contribution in [2.24, 2.45) is 0 Å². The van der Waals surface area contributed by atoms with Crippen LogP contribution in [0.25, 0.3) is 0 Å². The lowest BCUT2D eigenvalue weighted by molar-refractivity contribution is -0.132. The van der Waals surface area contributed by atoms with Gasteiger partial charge in [0.1, 0.15) is 0 Å². The molecule has 0 aliphatic carbocycles. The third kappa shape index (κ3) is 3.81. The van der Waals surface area contributed by atoms with Gasteiger partial charge in [0.15, 0.2) is 0 Å². The summed E-state index contributed by atoms with van der Waals surface area (Å²) in [5, 5.41) is 2.62. The summed E-state index contributed by atoms with van der Waals surface area (Å²) < 4.78 is -0.613. The Labute approximate surface area is 98.5 Å². The zero-order chi connectivity index (χ0) is 11.5. The fraction of sp³-hybridized carbons (Fsp3) is 0.800. The SMILES string of the molecule is CC(C)(Br)C(=O)NCC(=O)N1CCCC1. The third-order valence-corrected chi connectivity index (χ3v) is 2.76. The molecule has 0 unspecified atom stereocenters. The Balaban J connectivity index is 2.30. The van der Waals surface area contributed by atoms with Crippen molar-refractivity contribution in [2.45, 2.75) is 31.0 Å². The highest BCUT2D eigenvalue weighted by molar-refractivity contribution is 9.10. The molecule has 0 aromatic heterocycles. The number of amides is 2. The molecule has 1 rings (SSSR count). The predicted octanol–water partition coefficient (Wildman–Crippen LogP) is 0.898. The van der Waals surface area contributed by atoms with Crippen molar-refractivity contribution in [3.05, 3.63) is 0 Å². The summed E-state index contributed by atoms with van der Waals surface area (Å²) in [5.41, 5.74) is 0. The first-order chi connectivity index (χ1) is 6.91. The Morgan fingerprint density at radius 1 is 1.33 bits per heavy atom. The molecule has 4 nitrogen and oxygen atoms in total. The molecule has 0 aromatic rings. The second-order valence-electron chi connectivity index (χ2n) is 4.24. The van der Waals surface area contributed by atoms with Crippen LogP contribution in [0.3, 0.4) is 0 Å². The van der Waals surface area contributed by atoms with Gasteiger partial charge in [-0.1, -0.05) is 15.9 Å². The van der Waals surface area contributed by atoms with Crippen molar-refractivity contribution in [1.29, 1.82) is 0 Å². The second-order valence-corrected chi connectivity index (χ2v) is 6.23. The number of nitrogens with zero attached hydrogens (tertiary/aromatic N) is 1. The molecule has 86 valence electrons. The molecule has 1 aliphatic heterocycles. The normalized spacial score (nSPS) is 16.6. The first-order valence-electron chi connectivity index (χ1n) is 5.16. The Morgan fingerprint density at radius 3 is 2.33 bits per heavy atom. The molecule has 0 atom stereocenters. The van der Waals surface area contributed by atoms with Crippen LogP contribution >= 0.6 is 15.9 Å². The first kappa shape index (κ1) is 12.5. The zero-order valence-electron chi connectivity index (χ0n) is 9.18. The minimum Gasteiger partial charge on any atom is -0.346 e. The summed E-state index contributed by atoms with van der Waals surface area (Å²) in [6.07, 6.45) is 2.15. The highest BCUT2D eigenvalue weighted by Gasteiger charge is 2.25. The van der Waals surface area contributed by atoms with E-state index in [0.717, 1.165) is 25.9 Å². The molecule has 2 amide bonds. The summed E-state index contributed by atoms with van der Waals surface area (Å²) in [6, 6.07) is 0. The lowest BCUT2D eigenvalue weighted by atomic mass is 10.2. The van der Waals surface area contributed by atoms with E-state index < -0.39 is 4.32 Å². The van der Waals surface area contributed by atoms with Crippen LogP contribution in [0.4, 0.5) is 0 Å². The van der Waals surface area contributed by atoms with Gasteiger partial charge >= 0.3 is 0 Å². The van der Waals surface area contributed by atoms with Crippen molar-refractivity contribution in [1.82, 2.24) is 10.2 Å². The molecule has 0 aromatic carbocycles. The van der Waals surface area contributed by atoms with Crippen LogP contribution in [0, 0.1) is 0 Å². The monoisotopic (exact) mass is 276 g/mol. The van der Waals surface area contributed by atoms with E-state index in [1.54, 1.807) is 18.7 Å². The highest BCUT2D eigenvalue weighted by atomic mass is 79.9. The van der Waals surface area contributed by atoms with Crippen LogP contribution in [-0.2, 0) is 9.59 Å². The molecule has 5 heteroatoms. The Hall–Kier alpha value is -0.580. The van der Waals surface area contributed by atoms with E-state index in [9.17, 15) is 9.59 Å². The number of alkyl halides is 1. The maximum absolute atomic E-state index is 11.6. The molecular formula is C10H17BrN2O2. The van der Waals surface area contributed by atoms with E-state index in [-0.39, 0.29) is 18.4 Å². The van der Waals surface area contributed by atoms with Gasteiger partial charge < -0.3 is 10.2 Å². The van der Waals surface area contributed by atoms with E-state index in [4.69, 9.17) is 0 Å². The molecule has 1 fully saturated rings. The van der Waals surface area contributed by atoms with Crippen molar-refractivity contribution in [3.8, 4) is 0 Å².